The minimum Gasteiger partial charge on any atom is -0.497 e. The molecule has 0 aromatic heterocycles. The van der Waals surface area contributed by atoms with Gasteiger partial charge in [-0.25, -0.2) is 13.2 Å². The maximum Gasteiger partial charge on any atom is 0.415 e. The first kappa shape index (κ1) is 23.4. The highest BCUT2D eigenvalue weighted by Gasteiger charge is 2.31. The van der Waals surface area contributed by atoms with E-state index < -0.39 is 9.84 Å². The SMILES string of the molecule is COc1ccc(OC(=O)N2CCC(C3CCN(c4ccc(S(C)(=O)=O)cc4)CC3)CC2)cc1. The highest BCUT2D eigenvalue weighted by molar-refractivity contribution is 7.90. The number of nitrogens with zero attached hydrogens (tertiary/aromatic N) is 2. The molecule has 2 aliphatic rings. The fourth-order valence-electron chi connectivity index (χ4n) is 4.90. The molecule has 0 bridgehead atoms. The van der Waals surface area contributed by atoms with E-state index in [0.29, 0.717) is 22.5 Å². The first-order valence-electron chi connectivity index (χ1n) is 11.5. The van der Waals surface area contributed by atoms with Crippen molar-refractivity contribution in [3.05, 3.63) is 48.5 Å². The van der Waals surface area contributed by atoms with E-state index in [0.717, 1.165) is 63.3 Å². The normalized spacial score (nSPS) is 18.2. The van der Waals surface area contributed by atoms with Gasteiger partial charge in [0.25, 0.3) is 0 Å². The fourth-order valence-corrected chi connectivity index (χ4v) is 5.53. The minimum atomic E-state index is -3.17. The van der Waals surface area contributed by atoms with Gasteiger partial charge in [0.2, 0.25) is 0 Å². The summed E-state index contributed by atoms with van der Waals surface area (Å²) in [6.07, 6.45) is 5.20. The van der Waals surface area contributed by atoms with Crippen molar-refractivity contribution < 1.29 is 22.7 Å². The smallest absolute Gasteiger partial charge is 0.415 e. The van der Waals surface area contributed by atoms with E-state index in [1.807, 2.05) is 12.1 Å². The van der Waals surface area contributed by atoms with Crippen LogP contribution >= 0.6 is 0 Å². The standard InChI is InChI=1S/C25H32N2O5S/c1-31-22-5-7-23(8-6-22)32-25(28)27-17-13-20(14-18-27)19-11-15-26(16-12-19)21-3-9-24(10-4-21)33(2,29)30/h3-10,19-20H,11-18H2,1-2H3. The summed E-state index contributed by atoms with van der Waals surface area (Å²) in [4.78, 5) is 17.0. The topological polar surface area (TPSA) is 76.2 Å². The molecule has 1 amide bonds. The number of carbonyl (C=O) groups excluding carboxylic acids is 1. The molecule has 2 aliphatic heterocycles. The zero-order valence-corrected chi connectivity index (χ0v) is 20.1. The number of ether oxygens (including phenoxy) is 2. The van der Waals surface area contributed by atoms with Gasteiger partial charge in [-0.2, -0.15) is 0 Å². The number of methoxy groups -OCH3 is 1. The lowest BCUT2D eigenvalue weighted by Crippen LogP contribution is -2.43. The Morgan fingerprint density at radius 2 is 1.33 bits per heavy atom. The third-order valence-corrected chi connectivity index (χ3v) is 8.03. The Labute approximate surface area is 196 Å². The number of amides is 1. The average molecular weight is 473 g/mol. The minimum absolute atomic E-state index is 0.286. The largest absolute Gasteiger partial charge is 0.497 e. The van der Waals surface area contributed by atoms with Gasteiger partial charge >= 0.3 is 6.09 Å². The summed E-state index contributed by atoms with van der Waals surface area (Å²) >= 11 is 0. The molecule has 0 unspecified atom stereocenters. The monoisotopic (exact) mass is 472 g/mol. The van der Waals surface area contributed by atoms with E-state index in [2.05, 4.69) is 4.90 Å². The zero-order chi connectivity index (χ0) is 23.4. The van der Waals surface area contributed by atoms with Crippen LogP contribution in [-0.2, 0) is 9.84 Å². The van der Waals surface area contributed by atoms with Gasteiger partial charge in [0.15, 0.2) is 9.84 Å². The van der Waals surface area contributed by atoms with Crippen molar-refractivity contribution in [3.63, 3.8) is 0 Å². The number of likely N-dealkylation sites (tertiary alicyclic amines) is 1. The highest BCUT2D eigenvalue weighted by Crippen LogP contribution is 2.34. The second-order valence-corrected chi connectivity index (χ2v) is 11.0. The molecule has 2 aromatic rings. The number of hydrogen-bond acceptors (Lipinski definition) is 6. The molecule has 33 heavy (non-hydrogen) atoms. The summed E-state index contributed by atoms with van der Waals surface area (Å²) in [5, 5.41) is 0. The fraction of sp³-hybridized carbons (Fsp3) is 0.480. The van der Waals surface area contributed by atoms with E-state index in [9.17, 15) is 13.2 Å². The zero-order valence-electron chi connectivity index (χ0n) is 19.3. The molecule has 0 spiro atoms. The predicted molar refractivity (Wildman–Crippen MR) is 128 cm³/mol. The van der Waals surface area contributed by atoms with Crippen LogP contribution in [0.1, 0.15) is 25.7 Å². The van der Waals surface area contributed by atoms with Crippen molar-refractivity contribution in [2.45, 2.75) is 30.6 Å². The van der Waals surface area contributed by atoms with Crippen LogP contribution in [0.3, 0.4) is 0 Å². The van der Waals surface area contributed by atoms with Crippen LogP contribution in [0, 0.1) is 11.8 Å². The maximum atomic E-state index is 12.5. The summed E-state index contributed by atoms with van der Waals surface area (Å²) in [7, 11) is -1.56. The Kier molecular flexibility index (Phi) is 7.12. The second kappa shape index (κ2) is 10.0. The van der Waals surface area contributed by atoms with Crippen LogP contribution in [0.5, 0.6) is 11.5 Å². The summed E-state index contributed by atoms with van der Waals surface area (Å²) in [5.41, 5.74) is 1.08. The van der Waals surface area contributed by atoms with Gasteiger partial charge in [0.05, 0.1) is 12.0 Å². The number of anilines is 1. The Balaban J connectivity index is 1.23. The molecule has 8 heteroatoms. The average Bonchev–Trinajstić information content (AvgIpc) is 2.84. The lowest BCUT2D eigenvalue weighted by Gasteiger charge is -2.40. The van der Waals surface area contributed by atoms with Crippen molar-refractivity contribution >= 4 is 21.6 Å². The molecule has 0 aliphatic carbocycles. The molecule has 0 N–H and O–H groups in total. The number of sulfone groups is 1. The third kappa shape index (κ3) is 5.79. The van der Waals surface area contributed by atoms with Crippen LogP contribution in [0.2, 0.25) is 0 Å². The summed E-state index contributed by atoms with van der Waals surface area (Å²) in [6.45, 7) is 3.41. The Morgan fingerprint density at radius 1 is 0.818 bits per heavy atom. The highest BCUT2D eigenvalue weighted by atomic mass is 32.2. The Morgan fingerprint density at radius 3 is 1.85 bits per heavy atom. The Hall–Kier alpha value is -2.74. The van der Waals surface area contributed by atoms with Crippen LogP contribution in [0.4, 0.5) is 10.5 Å². The van der Waals surface area contributed by atoms with Crippen molar-refractivity contribution in [3.8, 4) is 11.5 Å². The molecule has 7 nitrogen and oxygen atoms in total. The number of carbonyl (C=O) groups is 1. The number of rotatable bonds is 5. The van der Waals surface area contributed by atoms with Crippen molar-refractivity contribution in [1.29, 1.82) is 0 Å². The number of piperidine rings is 2. The molecule has 0 atom stereocenters. The molecule has 178 valence electrons. The van der Waals surface area contributed by atoms with E-state index in [4.69, 9.17) is 9.47 Å². The second-order valence-electron chi connectivity index (χ2n) is 8.96. The van der Waals surface area contributed by atoms with Gasteiger partial charge in [-0.3, -0.25) is 0 Å². The van der Waals surface area contributed by atoms with Gasteiger partial charge in [0, 0.05) is 38.1 Å². The maximum absolute atomic E-state index is 12.5. The predicted octanol–water partition coefficient (Wildman–Crippen LogP) is 4.23. The van der Waals surface area contributed by atoms with Crippen LogP contribution in [-0.4, -0.2) is 59.0 Å². The molecular formula is C25H32N2O5S. The van der Waals surface area contributed by atoms with E-state index in [-0.39, 0.29) is 6.09 Å². The van der Waals surface area contributed by atoms with Crippen molar-refractivity contribution in [1.82, 2.24) is 4.90 Å². The van der Waals surface area contributed by atoms with Crippen LogP contribution in [0.25, 0.3) is 0 Å². The molecule has 2 fully saturated rings. The van der Waals surface area contributed by atoms with Crippen LogP contribution < -0.4 is 14.4 Å². The first-order valence-corrected chi connectivity index (χ1v) is 13.4. The van der Waals surface area contributed by atoms with E-state index >= 15 is 0 Å². The quantitative estimate of drug-likeness (QED) is 0.648. The van der Waals surface area contributed by atoms with Gasteiger partial charge in [-0.05, 0) is 86.1 Å². The number of benzene rings is 2. The van der Waals surface area contributed by atoms with E-state index in [1.165, 1.54) is 6.26 Å². The van der Waals surface area contributed by atoms with Crippen molar-refractivity contribution in [2.24, 2.45) is 11.8 Å². The molecule has 4 rings (SSSR count). The van der Waals surface area contributed by atoms with Gasteiger partial charge in [0.1, 0.15) is 11.5 Å². The lowest BCUT2D eigenvalue weighted by molar-refractivity contribution is 0.112. The summed E-state index contributed by atoms with van der Waals surface area (Å²) < 4.78 is 34.0. The number of hydrogen-bond donors (Lipinski definition) is 0. The lowest BCUT2D eigenvalue weighted by atomic mass is 9.79. The molecule has 0 saturated carbocycles. The molecular weight excluding hydrogens is 440 g/mol. The van der Waals surface area contributed by atoms with Crippen LogP contribution in [0.15, 0.2) is 53.4 Å². The van der Waals surface area contributed by atoms with E-state index in [1.54, 1.807) is 48.4 Å². The van der Waals surface area contributed by atoms with Gasteiger partial charge in [-0.1, -0.05) is 0 Å². The van der Waals surface area contributed by atoms with Gasteiger partial charge in [-0.15, -0.1) is 0 Å². The van der Waals surface area contributed by atoms with Gasteiger partial charge < -0.3 is 19.3 Å². The molecule has 0 radical (unpaired) electrons. The Bertz CT molecular complexity index is 1040. The molecule has 2 aromatic carbocycles. The molecule has 2 saturated heterocycles. The molecule has 2 heterocycles. The first-order chi connectivity index (χ1) is 15.8. The summed E-state index contributed by atoms with van der Waals surface area (Å²) in [5.74, 6) is 2.55. The van der Waals surface area contributed by atoms with Crippen molar-refractivity contribution in [2.75, 3.05) is 44.4 Å². The summed E-state index contributed by atoms with van der Waals surface area (Å²) in [6, 6.07) is 14.2. The third-order valence-electron chi connectivity index (χ3n) is 6.90.